The lowest BCUT2D eigenvalue weighted by Crippen LogP contribution is -2.39. The average Bonchev–Trinajstić information content (AvgIpc) is 2.42. The molecule has 2 rings (SSSR count). The van der Waals surface area contributed by atoms with Gasteiger partial charge in [-0.2, -0.15) is 0 Å². The van der Waals surface area contributed by atoms with Gasteiger partial charge in [0.2, 0.25) is 0 Å². The quantitative estimate of drug-likeness (QED) is 0.737. The monoisotopic (exact) mass is 205 g/mol. The predicted molar refractivity (Wildman–Crippen MR) is 62.0 cm³/mol. The molecule has 2 heterocycles. The van der Waals surface area contributed by atoms with Gasteiger partial charge in [0.15, 0.2) is 0 Å². The molecule has 1 fully saturated rings. The summed E-state index contributed by atoms with van der Waals surface area (Å²) in [5.41, 5.74) is 1.58. The lowest BCUT2D eigenvalue weighted by atomic mass is 9.82. The minimum Gasteiger partial charge on any atom is -0.315 e. The molecule has 1 aliphatic rings. The van der Waals surface area contributed by atoms with E-state index in [0.717, 1.165) is 26.2 Å². The predicted octanol–water partition coefficient (Wildman–Crippen LogP) is 0.874. The minimum absolute atomic E-state index is 0.203. The minimum atomic E-state index is 0.203. The van der Waals surface area contributed by atoms with Crippen LogP contribution in [-0.4, -0.2) is 43.1 Å². The maximum atomic E-state index is 4.08. The number of likely N-dealkylation sites (N-methyl/N-ethyl adjacent to an activating group) is 1. The van der Waals surface area contributed by atoms with Gasteiger partial charge < -0.3 is 10.2 Å². The summed E-state index contributed by atoms with van der Waals surface area (Å²) >= 11 is 0. The molecule has 82 valence electrons. The van der Waals surface area contributed by atoms with Crippen molar-refractivity contribution in [3.8, 4) is 0 Å². The Morgan fingerprint density at radius 1 is 1.40 bits per heavy atom. The van der Waals surface area contributed by atoms with Gasteiger partial charge in [-0.05, 0) is 24.7 Å². The van der Waals surface area contributed by atoms with E-state index >= 15 is 0 Å². The summed E-state index contributed by atoms with van der Waals surface area (Å²) in [6, 6.07) is 4.25. The van der Waals surface area contributed by atoms with E-state index in [2.05, 4.69) is 41.3 Å². The number of rotatable bonds is 1. The second kappa shape index (κ2) is 4.29. The van der Waals surface area contributed by atoms with Gasteiger partial charge in [-0.25, -0.2) is 0 Å². The van der Waals surface area contributed by atoms with Gasteiger partial charge in [-0.1, -0.05) is 6.92 Å². The van der Waals surface area contributed by atoms with Crippen LogP contribution in [0.2, 0.25) is 0 Å². The van der Waals surface area contributed by atoms with Gasteiger partial charge in [0.1, 0.15) is 0 Å². The van der Waals surface area contributed by atoms with Crippen LogP contribution in [0.5, 0.6) is 0 Å². The molecule has 0 aromatic carbocycles. The average molecular weight is 205 g/mol. The van der Waals surface area contributed by atoms with Gasteiger partial charge in [0.05, 0.1) is 0 Å². The molecular formula is C12H19N3. The van der Waals surface area contributed by atoms with Crippen molar-refractivity contribution >= 4 is 0 Å². The standard InChI is InChI=1S/C12H19N3/c1-12(11-3-5-13-6-4-11)9-14-7-8-15(2)10-12/h3-6,14H,7-10H2,1-2H3. The maximum Gasteiger partial charge on any atom is 0.0270 e. The van der Waals surface area contributed by atoms with Crippen LogP contribution in [0.15, 0.2) is 24.5 Å². The van der Waals surface area contributed by atoms with E-state index in [9.17, 15) is 0 Å². The highest BCUT2D eigenvalue weighted by atomic mass is 15.1. The summed E-state index contributed by atoms with van der Waals surface area (Å²) in [6.07, 6.45) is 3.76. The third-order valence-electron chi connectivity index (χ3n) is 3.18. The first-order valence-electron chi connectivity index (χ1n) is 5.50. The third-order valence-corrected chi connectivity index (χ3v) is 3.18. The molecule has 1 atom stereocenters. The van der Waals surface area contributed by atoms with Crippen LogP contribution < -0.4 is 5.32 Å². The van der Waals surface area contributed by atoms with Crippen molar-refractivity contribution in [3.63, 3.8) is 0 Å². The Kier molecular flexibility index (Phi) is 3.03. The zero-order valence-corrected chi connectivity index (χ0v) is 9.53. The van der Waals surface area contributed by atoms with E-state index < -0.39 is 0 Å². The number of hydrogen-bond acceptors (Lipinski definition) is 3. The summed E-state index contributed by atoms with van der Waals surface area (Å²) in [6.45, 7) is 6.67. The SMILES string of the molecule is CN1CCNCC(C)(c2ccncc2)C1. The fourth-order valence-electron chi connectivity index (χ4n) is 2.31. The lowest BCUT2D eigenvalue weighted by molar-refractivity contribution is 0.290. The molecule has 0 amide bonds. The lowest BCUT2D eigenvalue weighted by Gasteiger charge is -2.31. The van der Waals surface area contributed by atoms with Crippen LogP contribution in [0, 0.1) is 0 Å². The zero-order chi connectivity index (χ0) is 10.7. The van der Waals surface area contributed by atoms with E-state index in [4.69, 9.17) is 0 Å². The Labute approximate surface area is 91.5 Å². The van der Waals surface area contributed by atoms with Crippen LogP contribution in [0.25, 0.3) is 0 Å². The van der Waals surface area contributed by atoms with Crippen molar-refractivity contribution in [1.82, 2.24) is 15.2 Å². The van der Waals surface area contributed by atoms with Crippen LogP contribution in [0.3, 0.4) is 0 Å². The Bertz CT molecular complexity index is 312. The molecule has 1 saturated heterocycles. The first-order chi connectivity index (χ1) is 7.21. The summed E-state index contributed by atoms with van der Waals surface area (Å²) in [5, 5.41) is 3.50. The van der Waals surface area contributed by atoms with Gasteiger partial charge in [-0.3, -0.25) is 4.98 Å². The smallest absolute Gasteiger partial charge is 0.0270 e. The van der Waals surface area contributed by atoms with Crippen LogP contribution >= 0.6 is 0 Å². The zero-order valence-electron chi connectivity index (χ0n) is 9.53. The second-order valence-corrected chi connectivity index (χ2v) is 4.71. The van der Waals surface area contributed by atoms with Crippen molar-refractivity contribution in [2.24, 2.45) is 0 Å². The van der Waals surface area contributed by atoms with E-state index in [1.165, 1.54) is 5.56 Å². The number of nitrogens with one attached hydrogen (secondary N) is 1. The summed E-state index contributed by atoms with van der Waals surface area (Å²) in [4.78, 5) is 6.47. The molecule has 0 saturated carbocycles. The van der Waals surface area contributed by atoms with Crippen LogP contribution in [0.1, 0.15) is 12.5 Å². The third kappa shape index (κ3) is 2.36. The second-order valence-electron chi connectivity index (χ2n) is 4.71. The Morgan fingerprint density at radius 2 is 2.13 bits per heavy atom. The van der Waals surface area contributed by atoms with E-state index in [-0.39, 0.29) is 5.41 Å². The Balaban J connectivity index is 2.24. The molecule has 1 aromatic heterocycles. The molecule has 1 aromatic rings. The summed E-state index contributed by atoms with van der Waals surface area (Å²) < 4.78 is 0. The van der Waals surface area contributed by atoms with Crippen molar-refractivity contribution in [2.75, 3.05) is 33.2 Å². The van der Waals surface area contributed by atoms with E-state index in [1.54, 1.807) is 0 Å². The highest BCUT2D eigenvalue weighted by molar-refractivity contribution is 5.23. The molecule has 0 spiro atoms. The first kappa shape index (κ1) is 10.6. The number of aromatic nitrogens is 1. The van der Waals surface area contributed by atoms with Crippen LogP contribution in [-0.2, 0) is 5.41 Å². The van der Waals surface area contributed by atoms with Gasteiger partial charge in [0.25, 0.3) is 0 Å². The molecule has 15 heavy (non-hydrogen) atoms. The fraction of sp³-hybridized carbons (Fsp3) is 0.583. The fourth-order valence-corrected chi connectivity index (χ4v) is 2.31. The summed E-state index contributed by atoms with van der Waals surface area (Å²) in [5.74, 6) is 0. The highest BCUT2D eigenvalue weighted by Crippen LogP contribution is 2.24. The van der Waals surface area contributed by atoms with Gasteiger partial charge in [0, 0.05) is 44.0 Å². The molecule has 1 N–H and O–H groups in total. The molecule has 0 bridgehead atoms. The van der Waals surface area contributed by atoms with Gasteiger partial charge in [-0.15, -0.1) is 0 Å². The van der Waals surface area contributed by atoms with Gasteiger partial charge >= 0.3 is 0 Å². The normalized spacial score (nSPS) is 28.7. The first-order valence-corrected chi connectivity index (χ1v) is 5.50. The van der Waals surface area contributed by atoms with Crippen molar-refractivity contribution in [3.05, 3.63) is 30.1 Å². The number of hydrogen-bond donors (Lipinski definition) is 1. The summed E-state index contributed by atoms with van der Waals surface area (Å²) in [7, 11) is 2.19. The topological polar surface area (TPSA) is 28.2 Å². The Hall–Kier alpha value is -0.930. The molecule has 0 aliphatic carbocycles. The number of nitrogens with zero attached hydrogens (tertiary/aromatic N) is 2. The van der Waals surface area contributed by atoms with E-state index in [0.29, 0.717) is 0 Å². The molecular weight excluding hydrogens is 186 g/mol. The molecule has 3 nitrogen and oxygen atoms in total. The van der Waals surface area contributed by atoms with Crippen molar-refractivity contribution in [1.29, 1.82) is 0 Å². The van der Waals surface area contributed by atoms with E-state index in [1.807, 2.05) is 12.4 Å². The largest absolute Gasteiger partial charge is 0.315 e. The molecule has 1 unspecified atom stereocenters. The van der Waals surface area contributed by atoms with Crippen molar-refractivity contribution < 1.29 is 0 Å². The maximum absolute atomic E-state index is 4.08. The molecule has 1 aliphatic heterocycles. The van der Waals surface area contributed by atoms with Crippen LogP contribution in [0.4, 0.5) is 0 Å². The van der Waals surface area contributed by atoms with Crippen molar-refractivity contribution in [2.45, 2.75) is 12.3 Å². The highest BCUT2D eigenvalue weighted by Gasteiger charge is 2.29. The molecule has 3 heteroatoms. The Morgan fingerprint density at radius 3 is 2.87 bits per heavy atom. The molecule has 0 radical (unpaired) electrons. The number of pyridine rings is 1.